The van der Waals surface area contributed by atoms with Crippen LogP contribution in [-0.2, 0) is 0 Å². The number of likely N-dealkylation sites (tertiary alicyclic amines) is 1. The molecule has 0 atom stereocenters. The van der Waals surface area contributed by atoms with Crippen molar-refractivity contribution in [3.05, 3.63) is 90.3 Å². The molecule has 0 saturated carbocycles. The van der Waals surface area contributed by atoms with Gasteiger partial charge >= 0.3 is 0 Å². The number of hydrogen-bond donors (Lipinski definition) is 0. The van der Waals surface area contributed by atoms with E-state index in [-0.39, 0.29) is 5.91 Å². The molecule has 4 rings (SSSR count). The van der Waals surface area contributed by atoms with Gasteiger partial charge in [0.2, 0.25) is 0 Å². The maximum absolute atomic E-state index is 13.2. The van der Waals surface area contributed by atoms with Crippen molar-refractivity contribution in [2.24, 2.45) is 0 Å². The summed E-state index contributed by atoms with van der Waals surface area (Å²) in [7, 11) is 0. The number of carbonyl (C=O) groups excluding carboxylic acids is 1. The Balaban J connectivity index is 1.51. The van der Waals surface area contributed by atoms with Crippen molar-refractivity contribution in [3.63, 3.8) is 0 Å². The quantitative estimate of drug-likeness (QED) is 0.687. The summed E-state index contributed by atoms with van der Waals surface area (Å²) in [6.45, 7) is 1.59. The van der Waals surface area contributed by atoms with E-state index in [0.717, 1.165) is 42.6 Å². The Morgan fingerprint density at radius 1 is 0.885 bits per heavy atom. The van der Waals surface area contributed by atoms with Gasteiger partial charge < -0.3 is 4.90 Å². The summed E-state index contributed by atoms with van der Waals surface area (Å²) in [5, 5.41) is 0. The van der Waals surface area contributed by atoms with Crippen LogP contribution in [0.3, 0.4) is 0 Å². The molecule has 3 aromatic rings. The molecule has 0 N–H and O–H groups in total. The molecule has 1 saturated heterocycles. The molecule has 0 unspecified atom stereocenters. The predicted molar refractivity (Wildman–Crippen MR) is 104 cm³/mol. The monoisotopic (exact) mass is 342 g/mol. The van der Waals surface area contributed by atoms with Crippen molar-refractivity contribution in [3.8, 4) is 11.1 Å². The lowest BCUT2D eigenvalue weighted by molar-refractivity contribution is 0.0713. The van der Waals surface area contributed by atoms with E-state index in [9.17, 15) is 4.79 Å². The second-order valence-electron chi connectivity index (χ2n) is 6.76. The molecule has 1 fully saturated rings. The molecule has 130 valence electrons. The zero-order chi connectivity index (χ0) is 17.8. The number of rotatable bonds is 3. The van der Waals surface area contributed by atoms with E-state index in [1.807, 2.05) is 65.8 Å². The summed E-state index contributed by atoms with van der Waals surface area (Å²) < 4.78 is 0. The summed E-state index contributed by atoms with van der Waals surface area (Å²) in [5.41, 5.74) is 4.16. The number of amides is 1. The molecule has 1 aliphatic heterocycles. The van der Waals surface area contributed by atoms with E-state index in [0.29, 0.717) is 5.92 Å². The Labute approximate surface area is 154 Å². The Hall–Kier alpha value is -2.94. The van der Waals surface area contributed by atoms with E-state index < -0.39 is 0 Å². The molecule has 0 aliphatic carbocycles. The van der Waals surface area contributed by atoms with E-state index in [4.69, 9.17) is 0 Å². The van der Waals surface area contributed by atoms with Crippen molar-refractivity contribution < 1.29 is 4.79 Å². The van der Waals surface area contributed by atoms with E-state index >= 15 is 0 Å². The zero-order valence-corrected chi connectivity index (χ0v) is 14.7. The fraction of sp³-hybridized carbons (Fsp3) is 0.217. The van der Waals surface area contributed by atoms with Crippen LogP contribution >= 0.6 is 0 Å². The largest absolute Gasteiger partial charge is 0.339 e. The van der Waals surface area contributed by atoms with Gasteiger partial charge in [-0.1, -0.05) is 54.6 Å². The average Bonchev–Trinajstić information content (AvgIpc) is 2.75. The van der Waals surface area contributed by atoms with Gasteiger partial charge in [0.05, 0.1) is 0 Å². The Morgan fingerprint density at radius 3 is 2.35 bits per heavy atom. The van der Waals surface area contributed by atoms with E-state index in [1.54, 1.807) is 0 Å². The maximum Gasteiger partial charge on any atom is 0.254 e. The van der Waals surface area contributed by atoms with Crippen LogP contribution < -0.4 is 0 Å². The number of pyridine rings is 1. The fourth-order valence-electron chi connectivity index (χ4n) is 3.74. The number of nitrogens with zero attached hydrogens (tertiary/aromatic N) is 2. The molecule has 1 amide bonds. The first-order valence-electron chi connectivity index (χ1n) is 9.16. The van der Waals surface area contributed by atoms with Gasteiger partial charge in [-0.3, -0.25) is 9.78 Å². The highest BCUT2D eigenvalue weighted by Gasteiger charge is 2.26. The van der Waals surface area contributed by atoms with Gasteiger partial charge in [-0.05, 0) is 47.6 Å². The number of piperidine rings is 1. The third kappa shape index (κ3) is 3.38. The third-order valence-electron chi connectivity index (χ3n) is 5.18. The van der Waals surface area contributed by atoms with Crippen LogP contribution in [0.2, 0.25) is 0 Å². The van der Waals surface area contributed by atoms with Crippen molar-refractivity contribution in [1.29, 1.82) is 0 Å². The first kappa shape index (κ1) is 16.5. The van der Waals surface area contributed by atoms with Gasteiger partial charge in [0, 0.05) is 31.0 Å². The zero-order valence-electron chi connectivity index (χ0n) is 14.7. The Morgan fingerprint density at radius 2 is 1.62 bits per heavy atom. The lowest BCUT2D eigenvalue weighted by atomic mass is 9.90. The topological polar surface area (TPSA) is 33.2 Å². The van der Waals surface area contributed by atoms with Crippen molar-refractivity contribution in [2.75, 3.05) is 13.1 Å². The Kier molecular flexibility index (Phi) is 4.78. The molecule has 2 aromatic carbocycles. The molecule has 1 aliphatic rings. The van der Waals surface area contributed by atoms with Crippen LogP contribution in [-0.4, -0.2) is 28.9 Å². The number of hydrogen-bond acceptors (Lipinski definition) is 2. The predicted octanol–water partition coefficient (Wildman–Crippen LogP) is 4.77. The SMILES string of the molecule is O=C(c1ccccc1-c1ccccc1)N1CCC(c2cccnc2)CC1. The molecule has 3 heteroatoms. The molecule has 2 heterocycles. The normalized spacial score (nSPS) is 15.0. The van der Waals surface area contributed by atoms with Gasteiger partial charge in [-0.2, -0.15) is 0 Å². The highest BCUT2D eigenvalue weighted by molar-refractivity contribution is 6.00. The minimum atomic E-state index is 0.133. The molecular weight excluding hydrogens is 320 g/mol. The second kappa shape index (κ2) is 7.52. The summed E-state index contributed by atoms with van der Waals surface area (Å²) >= 11 is 0. The summed E-state index contributed by atoms with van der Waals surface area (Å²) in [5.74, 6) is 0.631. The standard InChI is InChI=1S/C23H22N2O/c26-23(22-11-5-4-10-21(22)19-7-2-1-3-8-19)25-15-12-18(13-16-25)20-9-6-14-24-17-20/h1-11,14,17-18H,12-13,15-16H2. The maximum atomic E-state index is 13.2. The highest BCUT2D eigenvalue weighted by atomic mass is 16.2. The smallest absolute Gasteiger partial charge is 0.254 e. The van der Waals surface area contributed by atoms with E-state index in [1.165, 1.54) is 5.56 Å². The fourth-order valence-corrected chi connectivity index (χ4v) is 3.74. The van der Waals surface area contributed by atoms with Crippen LogP contribution in [0.1, 0.15) is 34.7 Å². The van der Waals surface area contributed by atoms with Crippen LogP contribution in [0.4, 0.5) is 0 Å². The summed E-state index contributed by atoms with van der Waals surface area (Å²) in [4.78, 5) is 19.4. The number of aromatic nitrogens is 1. The van der Waals surface area contributed by atoms with Crippen LogP contribution in [0.25, 0.3) is 11.1 Å². The lowest BCUT2D eigenvalue weighted by Gasteiger charge is -2.32. The minimum absolute atomic E-state index is 0.133. The van der Waals surface area contributed by atoms with Crippen LogP contribution in [0.15, 0.2) is 79.1 Å². The minimum Gasteiger partial charge on any atom is -0.339 e. The van der Waals surface area contributed by atoms with Gasteiger partial charge in [0.25, 0.3) is 5.91 Å². The number of carbonyl (C=O) groups is 1. The van der Waals surface area contributed by atoms with Crippen LogP contribution in [0, 0.1) is 0 Å². The van der Waals surface area contributed by atoms with E-state index in [2.05, 4.69) is 23.2 Å². The molecule has 0 radical (unpaired) electrons. The van der Waals surface area contributed by atoms with Gasteiger partial charge in [-0.15, -0.1) is 0 Å². The van der Waals surface area contributed by atoms with Crippen molar-refractivity contribution >= 4 is 5.91 Å². The molecule has 1 aromatic heterocycles. The highest BCUT2D eigenvalue weighted by Crippen LogP contribution is 2.30. The third-order valence-corrected chi connectivity index (χ3v) is 5.18. The molecule has 0 spiro atoms. The average molecular weight is 342 g/mol. The van der Waals surface area contributed by atoms with Gasteiger partial charge in [-0.25, -0.2) is 0 Å². The van der Waals surface area contributed by atoms with Crippen LogP contribution in [0.5, 0.6) is 0 Å². The molecule has 26 heavy (non-hydrogen) atoms. The second-order valence-corrected chi connectivity index (χ2v) is 6.76. The summed E-state index contributed by atoms with van der Waals surface area (Å²) in [6.07, 6.45) is 5.74. The first-order chi connectivity index (χ1) is 12.8. The summed E-state index contributed by atoms with van der Waals surface area (Å²) in [6, 6.07) is 22.2. The first-order valence-corrected chi connectivity index (χ1v) is 9.16. The van der Waals surface area contributed by atoms with Crippen molar-refractivity contribution in [1.82, 2.24) is 9.88 Å². The lowest BCUT2D eigenvalue weighted by Crippen LogP contribution is -2.38. The Bertz CT molecular complexity index is 869. The van der Waals surface area contributed by atoms with Gasteiger partial charge in [0.15, 0.2) is 0 Å². The van der Waals surface area contributed by atoms with Gasteiger partial charge in [0.1, 0.15) is 0 Å². The number of benzene rings is 2. The molecule has 3 nitrogen and oxygen atoms in total. The van der Waals surface area contributed by atoms with Crippen molar-refractivity contribution in [2.45, 2.75) is 18.8 Å². The molecular formula is C23H22N2O. The molecule has 0 bridgehead atoms.